The van der Waals surface area contributed by atoms with Crippen molar-refractivity contribution in [2.75, 3.05) is 6.54 Å². The number of hydrogen-bond acceptors (Lipinski definition) is 6. The molecule has 1 saturated heterocycles. The standard InChI is InChI=1S/C24H29BN2O5/c1-17(28)21-13-9-12-20(27-21)14-19(25-31-23(2,3)24(4,5)32-25)15-26-22(29)30-16-18-10-7-6-8-11-18/h6-14H,15-16H2,1-5H3,(H,26,29). The molecule has 3 rings (SSSR count). The van der Waals surface area contributed by atoms with E-state index in [4.69, 9.17) is 14.0 Å². The lowest BCUT2D eigenvalue weighted by Gasteiger charge is -2.32. The highest BCUT2D eigenvalue weighted by atomic mass is 16.7. The molecule has 1 aromatic carbocycles. The third-order valence-electron chi connectivity index (χ3n) is 5.67. The summed E-state index contributed by atoms with van der Waals surface area (Å²) in [5.74, 6) is -0.125. The minimum atomic E-state index is -0.683. The van der Waals surface area contributed by atoms with Gasteiger partial charge in [-0.05, 0) is 56.9 Å². The number of Topliss-reactive ketones (excluding diaryl/α,β-unsaturated/α-hetero) is 1. The van der Waals surface area contributed by atoms with Gasteiger partial charge in [0.25, 0.3) is 0 Å². The number of pyridine rings is 1. The van der Waals surface area contributed by atoms with Crippen LogP contribution >= 0.6 is 0 Å². The van der Waals surface area contributed by atoms with Crippen LogP contribution in [0.3, 0.4) is 0 Å². The number of ether oxygens (including phenoxy) is 1. The molecule has 1 aliphatic rings. The molecule has 1 aliphatic heterocycles. The van der Waals surface area contributed by atoms with E-state index in [0.717, 1.165) is 5.56 Å². The van der Waals surface area contributed by atoms with Gasteiger partial charge in [-0.25, -0.2) is 9.78 Å². The molecule has 1 fully saturated rings. The summed E-state index contributed by atoms with van der Waals surface area (Å²) in [6.45, 7) is 9.61. The van der Waals surface area contributed by atoms with E-state index in [-0.39, 0.29) is 18.9 Å². The third-order valence-corrected chi connectivity index (χ3v) is 5.67. The van der Waals surface area contributed by atoms with Crippen molar-refractivity contribution < 1.29 is 23.6 Å². The molecule has 0 unspecified atom stereocenters. The van der Waals surface area contributed by atoms with Crippen LogP contribution in [0.5, 0.6) is 0 Å². The zero-order valence-corrected chi connectivity index (χ0v) is 19.2. The van der Waals surface area contributed by atoms with Crippen LogP contribution in [0.25, 0.3) is 6.08 Å². The van der Waals surface area contributed by atoms with Crippen molar-refractivity contribution in [3.05, 3.63) is 71.0 Å². The molecule has 8 heteroatoms. The second-order valence-electron chi connectivity index (χ2n) is 8.73. The molecule has 0 radical (unpaired) electrons. The molecular formula is C24H29BN2O5. The van der Waals surface area contributed by atoms with Crippen molar-refractivity contribution in [1.29, 1.82) is 0 Å². The van der Waals surface area contributed by atoms with Crippen molar-refractivity contribution >= 4 is 25.1 Å². The van der Waals surface area contributed by atoms with E-state index in [2.05, 4.69) is 10.3 Å². The summed E-state index contributed by atoms with van der Waals surface area (Å²) in [6, 6.07) is 14.7. The number of ketones is 1. The fraction of sp³-hybridized carbons (Fsp3) is 0.375. The molecule has 32 heavy (non-hydrogen) atoms. The molecule has 0 atom stereocenters. The Hall–Kier alpha value is -2.97. The molecule has 7 nitrogen and oxygen atoms in total. The van der Waals surface area contributed by atoms with Gasteiger partial charge in [0.2, 0.25) is 0 Å². The smallest absolute Gasteiger partial charge is 0.445 e. The Kier molecular flexibility index (Phi) is 7.16. The second-order valence-corrected chi connectivity index (χ2v) is 8.73. The fourth-order valence-electron chi connectivity index (χ4n) is 3.06. The molecule has 0 bridgehead atoms. The summed E-state index contributed by atoms with van der Waals surface area (Å²) in [4.78, 5) is 28.4. The predicted octanol–water partition coefficient (Wildman–Crippen LogP) is 4.23. The predicted molar refractivity (Wildman–Crippen MR) is 123 cm³/mol. The number of aromatic nitrogens is 1. The highest BCUT2D eigenvalue weighted by Gasteiger charge is 2.52. The van der Waals surface area contributed by atoms with Crippen LogP contribution in [-0.2, 0) is 20.7 Å². The van der Waals surface area contributed by atoms with Crippen LogP contribution in [0.1, 0.15) is 56.4 Å². The molecule has 2 aromatic rings. The van der Waals surface area contributed by atoms with E-state index in [0.29, 0.717) is 16.9 Å². The fourth-order valence-corrected chi connectivity index (χ4v) is 3.06. The molecule has 2 heterocycles. The van der Waals surface area contributed by atoms with Gasteiger partial charge in [-0.15, -0.1) is 0 Å². The number of carbonyl (C=O) groups is 2. The highest BCUT2D eigenvalue weighted by molar-refractivity contribution is 6.56. The van der Waals surface area contributed by atoms with Crippen LogP contribution < -0.4 is 5.32 Å². The summed E-state index contributed by atoms with van der Waals surface area (Å²) in [5.41, 5.74) is 1.41. The minimum absolute atomic E-state index is 0.125. The lowest BCUT2D eigenvalue weighted by molar-refractivity contribution is 0.00578. The summed E-state index contributed by atoms with van der Waals surface area (Å²) >= 11 is 0. The van der Waals surface area contributed by atoms with Gasteiger partial charge in [0, 0.05) is 13.5 Å². The quantitative estimate of drug-likeness (QED) is 0.517. The molecule has 168 valence electrons. The molecule has 1 aromatic heterocycles. The monoisotopic (exact) mass is 436 g/mol. The van der Waals surface area contributed by atoms with Gasteiger partial charge in [-0.3, -0.25) is 4.79 Å². The molecule has 0 spiro atoms. The van der Waals surface area contributed by atoms with Crippen molar-refractivity contribution in [1.82, 2.24) is 10.3 Å². The van der Waals surface area contributed by atoms with Crippen LogP contribution in [0, 0.1) is 0 Å². The first-order valence-electron chi connectivity index (χ1n) is 10.6. The molecule has 0 saturated carbocycles. The second kappa shape index (κ2) is 9.67. The van der Waals surface area contributed by atoms with Crippen LogP contribution in [0.2, 0.25) is 0 Å². The van der Waals surface area contributed by atoms with Crippen molar-refractivity contribution in [2.45, 2.75) is 52.4 Å². The van der Waals surface area contributed by atoms with Crippen LogP contribution in [0.15, 0.2) is 54.0 Å². The lowest BCUT2D eigenvalue weighted by Crippen LogP contribution is -2.41. The maximum absolute atomic E-state index is 12.3. The maximum atomic E-state index is 12.3. The normalized spacial score (nSPS) is 17.2. The van der Waals surface area contributed by atoms with E-state index < -0.39 is 24.4 Å². The molecule has 1 N–H and O–H groups in total. The molecule has 0 aliphatic carbocycles. The zero-order valence-electron chi connectivity index (χ0n) is 19.2. The SMILES string of the molecule is CC(=O)c1cccc(C=C(CNC(=O)OCc2ccccc2)B2OC(C)(C)C(C)(C)O2)n1. The van der Waals surface area contributed by atoms with Crippen molar-refractivity contribution in [2.24, 2.45) is 0 Å². The number of hydrogen-bond donors (Lipinski definition) is 1. The van der Waals surface area contributed by atoms with Gasteiger partial charge in [0.05, 0.1) is 16.9 Å². The number of alkyl carbamates (subject to hydrolysis) is 1. The first kappa shape index (κ1) is 23.7. The number of rotatable bonds is 7. The number of nitrogens with zero attached hydrogens (tertiary/aromatic N) is 1. The summed E-state index contributed by atoms with van der Waals surface area (Å²) in [7, 11) is -0.683. The summed E-state index contributed by atoms with van der Waals surface area (Å²) in [6.07, 6.45) is 1.22. The van der Waals surface area contributed by atoms with E-state index >= 15 is 0 Å². The Labute approximate surface area is 189 Å². The van der Waals surface area contributed by atoms with E-state index in [1.54, 1.807) is 24.3 Å². The lowest BCUT2D eigenvalue weighted by atomic mass is 9.77. The Morgan fingerprint density at radius 2 is 1.69 bits per heavy atom. The van der Waals surface area contributed by atoms with E-state index in [1.165, 1.54) is 6.92 Å². The zero-order chi connectivity index (χ0) is 23.4. The molecular weight excluding hydrogens is 407 g/mol. The Bertz CT molecular complexity index is 988. The van der Waals surface area contributed by atoms with Crippen molar-refractivity contribution in [3.63, 3.8) is 0 Å². The summed E-state index contributed by atoms with van der Waals surface area (Å²) < 4.78 is 17.6. The highest BCUT2D eigenvalue weighted by Crippen LogP contribution is 2.38. The van der Waals surface area contributed by atoms with Gasteiger partial charge in [0.15, 0.2) is 5.78 Å². The Morgan fingerprint density at radius 3 is 2.31 bits per heavy atom. The summed E-state index contributed by atoms with van der Waals surface area (Å²) in [5, 5.41) is 2.76. The van der Waals surface area contributed by atoms with Gasteiger partial charge in [0.1, 0.15) is 12.3 Å². The number of carbonyl (C=O) groups excluding carboxylic acids is 2. The third kappa shape index (κ3) is 5.84. The first-order chi connectivity index (χ1) is 15.1. The van der Waals surface area contributed by atoms with Crippen LogP contribution in [0.4, 0.5) is 4.79 Å². The van der Waals surface area contributed by atoms with Crippen LogP contribution in [-0.4, -0.2) is 41.7 Å². The largest absolute Gasteiger partial charge is 0.492 e. The number of amides is 1. The number of nitrogens with one attached hydrogen (secondary N) is 1. The minimum Gasteiger partial charge on any atom is -0.445 e. The average Bonchev–Trinajstić information content (AvgIpc) is 2.97. The van der Waals surface area contributed by atoms with E-state index in [1.807, 2.05) is 58.0 Å². The topological polar surface area (TPSA) is 86.8 Å². The van der Waals surface area contributed by atoms with Crippen molar-refractivity contribution in [3.8, 4) is 0 Å². The van der Waals surface area contributed by atoms with Gasteiger partial charge in [-0.2, -0.15) is 0 Å². The van der Waals surface area contributed by atoms with E-state index in [9.17, 15) is 9.59 Å². The van der Waals surface area contributed by atoms with Gasteiger partial charge >= 0.3 is 13.2 Å². The maximum Gasteiger partial charge on any atom is 0.492 e. The molecule has 1 amide bonds. The van der Waals surface area contributed by atoms with Gasteiger partial charge in [-0.1, -0.05) is 36.4 Å². The Balaban J connectivity index is 1.76. The van der Waals surface area contributed by atoms with Gasteiger partial charge < -0.3 is 19.4 Å². The Morgan fingerprint density at radius 1 is 1.03 bits per heavy atom. The first-order valence-corrected chi connectivity index (χ1v) is 10.6. The number of benzene rings is 1. The average molecular weight is 436 g/mol.